The fourth-order valence-corrected chi connectivity index (χ4v) is 2.79. The molecule has 0 bridgehead atoms. The molecule has 4 heteroatoms. The van der Waals surface area contributed by atoms with Gasteiger partial charge in [-0.15, -0.1) is 0 Å². The molecule has 0 fully saturated rings. The molecule has 1 heterocycles. The Hall–Kier alpha value is -2.62. The zero-order valence-corrected chi connectivity index (χ0v) is 14.9. The summed E-state index contributed by atoms with van der Waals surface area (Å²) in [5, 5.41) is 2.97. The maximum Gasteiger partial charge on any atom is 0.251 e. The van der Waals surface area contributed by atoms with Crippen LogP contribution in [0.2, 0.25) is 0 Å². The van der Waals surface area contributed by atoms with Crippen molar-refractivity contribution in [2.24, 2.45) is 5.92 Å². The molecular formula is C21H25N3O. The van der Waals surface area contributed by atoms with Crippen LogP contribution in [0, 0.1) is 5.92 Å². The van der Waals surface area contributed by atoms with Gasteiger partial charge in [0.1, 0.15) is 5.82 Å². The lowest BCUT2D eigenvalue weighted by molar-refractivity contribution is 0.0952. The molecule has 0 saturated carbocycles. The van der Waals surface area contributed by atoms with Crippen LogP contribution in [0.4, 0.5) is 0 Å². The van der Waals surface area contributed by atoms with Crippen molar-refractivity contribution in [3.63, 3.8) is 0 Å². The first-order valence-corrected chi connectivity index (χ1v) is 8.92. The highest BCUT2D eigenvalue weighted by Crippen LogP contribution is 2.13. The van der Waals surface area contributed by atoms with Crippen LogP contribution in [-0.4, -0.2) is 22.4 Å². The largest absolute Gasteiger partial charge is 0.352 e. The van der Waals surface area contributed by atoms with E-state index in [1.165, 1.54) is 5.56 Å². The van der Waals surface area contributed by atoms with Crippen LogP contribution >= 0.6 is 0 Å². The van der Waals surface area contributed by atoms with Gasteiger partial charge < -0.3 is 10.3 Å². The SMILES string of the molecule is CC(C)CCNC(=O)c1ccc(CCc2nc3ccccc3[nH]2)cc1. The van der Waals surface area contributed by atoms with E-state index < -0.39 is 0 Å². The summed E-state index contributed by atoms with van der Waals surface area (Å²) in [5.74, 6) is 1.60. The number of aromatic amines is 1. The first kappa shape index (κ1) is 17.2. The Balaban J connectivity index is 1.54. The number of hydrogen-bond acceptors (Lipinski definition) is 2. The third kappa shape index (κ3) is 4.69. The highest BCUT2D eigenvalue weighted by Gasteiger charge is 2.06. The van der Waals surface area contributed by atoms with Crippen LogP contribution in [0.3, 0.4) is 0 Å². The molecular weight excluding hydrogens is 310 g/mol. The first-order valence-electron chi connectivity index (χ1n) is 8.92. The van der Waals surface area contributed by atoms with E-state index in [0.29, 0.717) is 5.92 Å². The van der Waals surface area contributed by atoms with E-state index in [0.717, 1.165) is 48.2 Å². The Kier molecular flexibility index (Phi) is 5.49. The predicted molar refractivity (Wildman–Crippen MR) is 102 cm³/mol. The highest BCUT2D eigenvalue weighted by atomic mass is 16.1. The number of nitrogens with zero attached hydrogens (tertiary/aromatic N) is 1. The molecule has 0 unspecified atom stereocenters. The maximum absolute atomic E-state index is 12.1. The molecule has 1 amide bonds. The average molecular weight is 335 g/mol. The Morgan fingerprint density at radius 2 is 1.84 bits per heavy atom. The predicted octanol–water partition coefficient (Wildman–Crippen LogP) is 4.12. The minimum absolute atomic E-state index is 0.00415. The normalized spacial score (nSPS) is 11.2. The third-order valence-electron chi connectivity index (χ3n) is 4.31. The Morgan fingerprint density at radius 1 is 1.08 bits per heavy atom. The highest BCUT2D eigenvalue weighted by molar-refractivity contribution is 5.94. The molecule has 4 nitrogen and oxygen atoms in total. The number of rotatable bonds is 7. The van der Waals surface area contributed by atoms with Gasteiger partial charge in [0.2, 0.25) is 0 Å². The number of carbonyl (C=O) groups is 1. The van der Waals surface area contributed by atoms with Crippen LogP contribution < -0.4 is 5.32 Å². The average Bonchev–Trinajstić information content (AvgIpc) is 3.03. The smallest absolute Gasteiger partial charge is 0.251 e. The maximum atomic E-state index is 12.1. The van der Waals surface area contributed by atoms with Gasteiger partial charge >= 0.3 is 0 Å². The van der Waals surface area contributed by atoms with Crippen molar-refractivity contribution in [3.05, 3.63) is 65.5 Å². The van der Waals surface area contributed by atoms with Crippen molar-refractivity contribution in [2.75, 3.05) is 6.54 Å². The number of H-pyrrole nitrogens is 1. The summed E-state index contributed by atoms with van der Waals surface area (Å²) in [6.07, 6.45) is 2.75. The lowest BCUT2D eigenvalue weighted by Crippen LogP contribution is -2.25. The van der Waals surface area contributed by atoms with E-state index in [1.807, 2.05) is 48.5 Å². The molecule has 0 aliphatic rings. The summed E-state index contributed by atoms with van der Waals surface area (Å²) in [5.41, 5.74) is 4.01. The number of benzene rings is 2. The van der Waals surface area contributed by atoms with Crippen molar-refractivity contribution < 1.29 is 4.79 Å². The Labute approximate surface area is 148 Å². The number of aryl methyl sites for hydroxylation is 2. The van der Waals surface area contributed by atoms with Crippen molar-refractivity contribution in [1.82, 2.24) is 15.3 Å². The number of amides is 1. The van der Waals surface area contributed by atoms with Gasteiger partial charge in [0.25, 0.3) is 5.91 Å². The second-order valence-electron chi connectivity index (χ2n) is 6.84. The summed E-state index contributed by atoms with van der Waals surface area (Å²) in [4.78, 5) is 20.0. The molecule has 3 rings (SSSR count). The van der Waals surface area contributed by atoms with Crippen molar-refractivity contribution >= 4 is 16.9 Å². The second kappa shape index (κ2) is 7.97. The molecule has 2 N–H and O–H groups in total. The molecule has 0 spiro atoms. The van der Waals surface area contributed by atoms with Crippen molar-refractivity contribution in [2.45, 2.75) is 33.1 Å². The van der Waals surface area contributed by atoms with Crippen molar-refractivity contribution in [3.8, 4) is 0 Å². The second-order valence-corrected chi connectivity index (χ2v) is 6.84. The van der Waals surface area contributed by atoms with Crippen LogP contribution in [0.1, 0.15) is 42.0 Å². The van der Waals surface area contributed by atoms with Gasteiger partial charge in [-0.3, -0.25) is 4.79 Å². The summed E-state index contributed by atoms with van der Waals surface area (Å²) in [6, 6.07) is 15.9. The van der Waals surface area contributed by atoms with Crippen molar-refractivity contribution in [1.29, 1.82) is 0 Å². The van der Waals surface area contributed by atoms with E-state index in [-0.39, 0.29) is 5.91 Å². The van der Waals surface area contributed by atoms with Gasteiger partial charge in [0.15, 0.2) is 0 Å². The van der Waals surface area contributed by atoms with Gasteiger partial charge in [-0.25, -0.2) is 4.98 Å². The van der Waals surface area contributed by atoms with Crippen LogP contribution in [0.5, 0.6) is 0 Å². The lowest BCUT2D eigenvalue weighted by Gasteiger charge is -2.07. The standard InChI is InChI=1S/C21H25N3O/c1-15(2)13-14-22-21(25)17-10-7-16(8-11-17)9-12-20-23-18-5-3-4-6-19(18)24-20/h3-8,10-11,15H,9,12-14H2,1-2H3,(H,22,25)(H,23,24). The minimum Gasteiger partial charge on any atom is -0.352 e. The zero-order chi connectivity index (χ0) is 17.6. The molecule has 1 aromatic heterocycles. The Morgan fingerprint density at radius 3 is 2.56 bits per heavy atom. The van der Waals surface area contributed by atoms with Crippen LogP contribution in [0.15, 0.2) is 48.5 Å². The van der Waals surface area contributed by atoms with E-state index in [2.05, 4.69) is 29.1 Å². The van der Waals surface area contributed by atoms with E-state index in [4.69, 9.17) is 0 Å². The molecule has 0 atom stereocenters. The number of hydrogen-bond donors (Lipinski definition) is 2. The topological polar surface area (TPSA) is 57.8 Å². The molecule has 0 aliphatic heterocycles. The van der Waals surface area contributed by atoms with Gasteiger partial charge in [-0.05, 0) is 48.6 Å². The molecule has 130 valence electrons. The number of fused-ring (bicyclic) bond motifs is 1. The lowest BCUT2D eigenvalue weighted by atomic mass is 10.1. The third-order valence-corrected chi connectivity index (χ3v) is 4.31. The quantitative estimate of drug-likeness (QED) is 0.682. The molecule has 25 heavy (non-hydrogen) atoms. The number of nitrogens with one attached hydrogen (secondary N) is 2. The number of imidazole rings is 1. The van der Waals surface area contributed by atoms with E-state index in [9.17, 15) is 4.79 Å². The Bertz CT molecular complexity index is 801. The molecule has 0 aliphatic carbocycles. The van der Waals surface area contributed by atoms with Gasteiger partial charge in [-0.1, -0.05) is 38.1 Å². The number of para-hydroxylation sites is 2. The number of carbonyl (C=O) groups excluding carboxylic acids is 1. The molecule has 0 saturated heterocycles. The van der Waals surface area contributed by atoms with E-state index >= 15 is 0 Å². The van der Waals surface area contributed by atoms with Crippen LogP contribution in [0.25, 0.3) is 11.0 Å². The molecule has 3 aromatic rings. The van der Waals surface area contributed by atoms with E-state index in [1.54, 1.807) is 0 Å². The zero-order valence-electron chi connectivity index (χ0n) is 14.9. The minimum atomic E-state index is 0.00415. The first-order chi connectivity index (χ1) is 12.1. The van der Waals surface area contributed by atoms with Gasteiger partial charge in [-0.2, -0.15) is 0 Å². The summed E-state index contributed by atoms with van der Waals surface area (Å²) < 4.78 is 0. The summed E-state index contributed by atoms with van der Waals surface area (Å²) >= 11 is 0. The summed E-state index contributed by atoms with van der Waals surface area (Å²) in [7, 11) is 0. The summed E-state index contributed by atoms with van der Waals surface area (Å²) in [6.45, 7) is 5.04. The van der Waals surface area contributed by atoms with Crippen LogP contribution in [-0.2, 0) is 12.8 Å². The fourth-order valence-electron chi connectivity index (χ4n) is 2.79. The molecule has 0 radical (unpaired) electrons. The fraction of sp³-hybridized carbons (Fsp3) is 0.333. The van der Waals surface area contributed by atoms with Gasteiger partial charge in [0, 0.05) is 18.5 Å². The number of aromatic nitrogens is 2. The monoisotopic (exact) mass is 335 g/mol. The molecule has 2 aromatic carbocycles. The van der Waals surface area contributed by atoms with Gasteiger partial charge in [0.05, 0.1) is 11.0 Å².